The second kappa shape index (κ2) is 6.38. The Morgan fingerprint density at radius 2 is 2.47 bits per heavy atom. The van der Waals surface area contributed by atoms with E-state index >= 15 is 0 Å². The van der Waals surface area contributed by atoms with Gasteiger partial charge in [-0.1, -0.05) is 11.6 Å². The average Bonchev–Trinajstić information content (AvgIpc) is 2.95. The summed E-state index contributed by atoms with van der Waals surface area (Å²) in [5, 5.41) is 6.31. The molecule has 1 saturated heterocycles. The average molecular weight is 273 g/mol. The largest absolute Gasteiger partial charge is 0.351 e. The highest BCUT2D eigenvalue weighted by Crippen LogP contribution is 2.21. The van der Waals surface area contributed by atoms with Crippen molar-refractivity contribution in [3.8, 4) is 0 Å². The molecular weight excluding hydrogens is 256 g/mol. The van der Waals surface area contributed by atoms with E-state index in [9.17, 15) is 4.79 Å². The van der Waals surface area contributed by atoms with Crippen molar-refractivity contribution in [2.75, 3.05) is 6.54 Å². The molecule has 0 aliphatic carbocycles. The Morgan fingerprint density at radius 3 is 3.12 bits per heavy atom. The lowest BCUT2D eigenvalue weighted by atomic mass is 10.1. The second-order valence-electron chi connectivity index (χ2n) is 4.31. The van der Waals surface area contributed by atoms with Crippen LogP contribution in [0.1, 0.15) is 30.6 Å². The van der Waals surface area contributed by atoms with Crippen molar-refractivity contribution in [2.45, 2.75) is 38.3 Å². The Kier molecular flexibility index (Phi) is 4.83. The fourth-order valence-corrected chi connectivity index (χ4v) is 3.06. The summed E-state index contributed by atoms with van der Waals surface area (Å²) in [5.41, 5.74) is 0. The van der Waals surface area contributed by atoms with Crippen molar-refractivity contribution < 1.29 is 4.79 Å². The first-order valence-corrected chi connectivity index (χ1v) is 7.18. The van der Waals surface area contributed by atoms with Crippen LogP contribution in [0.25, 0.3) is 0 Å². The first-order chi connectivity index (χ1) is 8.24. The van der Waals surface area contributed by atoms with E-state index in [2.05, 4.69) is 10.6 Å². The number of carbonyl (C=O) groups excluding carboxylic acids is 1. The third-order valence-electron chi connectivity index (χ3n) is 2.97. The molecule has 1 aliphatic heterocycles. The maximum Gasteiger partial charge on any atom is 0.220 e. The van der Waals surface area contributed by atoms with Gasteiger partial charge in [-0.2, -0.15) is 0 Å². The second-order valence-corrected chi connectivity index (χ2v) is 6.11. The van der Waals surface area contributed by atoms with Crippen LogP contribution >= 0.6 is 22.9 Å². The highest BCUT2D eigenvalue weighted by atomic mass is 35.5. The van der Waals surface area contributed by atoms with Gasteiger partial charge in [0.05, 0.1) is 10.9 Å². The van der Waals surface area contributed by atoms with Crippen LogP contribution in [0, 0.1) is 0 Å². The normalized spacial score (nSPS) is 19.5. The Labute approximate surface area is 111 Å². The first kappa shape index (κ1) is 12.9. The summed E-state index contributed by atoms with van der Waals surface area (Å²) in [6.07, 6.45) is 3.99. The molecule has 5 heteroatoms. The van der Waals surface area contributed by atoms with Gasteiger partial charge < -0.3 is 10.6 Å². The van der Waals surface area contributed by atoms with Crippen LogP contribution < -0.4 is 10.6 Å². The maximum atomic E-state index is 11.6. The Bertz CT molecular complexity index is 374. The summed E-state index contributed by atoms with van der Waals surface area (Å²) in [4.78, 5) is 12.7. The highest BCUT2D eigenvalue weighted by Gasteiger charge is 2.15. The van der Waals surface area contributed by atoms with Crippen molar-refractivity contribution in [3.63, 3.8) is 0 Å². The minimum atomic E-state index is 0.128. The molecule has 1 amide bonds. The lowest BCUT2D eigenvalue weighted by molar-refractivity contribution is -0.121. The van der Waals surface area contributed by atoms with Gasteiger partial charge in [-0.3, -0.25) is 4.79 Å². The summed E-state index contributed by atoms with van der Waals surface area (Å²) in [5.74, 6) is 0.128. The number of hydrogen-bond donors (Lipinski definition) is 2. The van der Waals surface area contributed by atoms with Crippen molar-refractivity contribution >= 4 is 28.8 Å². The zero-order chi connectivity index (χ0) is 12.1. The van der Waals surface area contributed by atoms with E-state index in [1.54, 1.807) is 0 Å². The SMILES string of the molecule is O=C(CCC1CCCN1)NCc1ccc(Cl)s1. The first-order valence-electron chi connectivity index (χ1n) is 5.98. The Hall–Kier alpha value is -0.580. The summed E-state index contributed by atoms with van der Waals surface area (Å²) < 4.78 is 0.768. The van der Waals surface area contributed by atoms with E-state index in [1.165, 1.54) is 24.2 Å². The van der Waals surface area contributed by atoms with Gasteiger partial charge >= 0.3 is 0 Å². The van der Waals surface area contributed by atoms with Gasteiger partial charge in [-0.25, -0.2) is 0 Å². The number of hydrogen-bond acceptors (Lipinski definition) is 3. The molecule has 1 fully saturated rings. The number of amides is 1. The minimum Gasteiger partial charge on any atom is -0.351 e. The highest BCUT2D eigenvalue weighted by molar-refractivity contribution is 7.16. The molecule has 2 rings (SSSR count). The van der Waals surface area contributed by atoms with Crippen LogP contribution in [-0.2, 0) is 11.3 Å². The molecule has 0 saturated carbocycles. The van der Waals surface area contributed by atoms with Crippen molar-refractivity contribution in [2.24, 2.45) is 0 Å². The van der Waals surface area contributed by atoms with Gasteiger partial charge in [0.25, 0.3) is 0 Å². The molecule has 17 heavy (non-hydrogen) atoms. The molecule has 0 aromatic carbocycles. The molecule has 0 radical (unpaired) electrons. The molecule has 1 aromatic heterocycles. The van der Waals surface area contributed by atoms with Gasteiger partial charge in [-0.15, -0.1) is 11.3 Å². The molecule has 1 aromatic rings. The van der Waals surface area contributed by atoms with Gasteiger partial charge in [-0.05, 0) is 37.9 Å². The van der Waals surface area contributed by atoms with Crippen LogP contribution in [0.3, 0.4) is 0 Å². The smallest absolute Gasteiger partial charge is 0.220 e. The number of nitrogens with one attached hydrogen (secondary N) is 2. The predicted molar refractivity (Wildman–Crippen MR) is 71.4 cm³/mol. The van der Waals surface area contributed by atoms with E-state index in [1.807, 2.05) is 12.1 Å². The van der Waals surface area contributed by atoms with Crippen LogP contribution in [0.4, 0.5) is 0 Å². The van der Waals surface area contributed by atoms with E-state index < -0.39 is 0 Å². The minimum absolute atomic E-state index is 0.128. The number of rotatable bonds is 5. The molecule has 3 nitrogen and oxygen atoms in total. The summed E-state index contributed by atoms with van der Waals surface area (Å²) >= 11 is 7.33. The van der Waals surface area contributed by atoms with Gasteiger partial charge in [0.15, 0.2) is 0 Å². The molecule has 2 heterocycles. The number of carbonyl (C=O) groups is 1. The fourth-order valence-electron chi connectivity index (χ4n) is 2.03. The lowest BCUT2D eigenvalue weighted by Gasteiger charge is -2.09. The Morgan fingerprint density at radius 1 is 1.59 bits per heavy atom. The molecule has 1 atom stereocenters. The quantitative estimate of drug-likeness (QED) is 0.865. The van der Waals surface area contributed by atoms with Gasteiger partial charge in [0.2, 0.25) is 5.91 Å². The standard InChI is InChI=1S/C12H17ClN2OS/c13-11-5-4-10(17-11)8-15-12(16)6-3-9-2-1-7-14-9/h4-5,9,14H,1-3,6-8H2,(H,15,16). The Balaban J connectivity index is 1.63. The van der Waals surface area contributed by atoms with E-state index in [4.69, 9.17) is 11.6 Å². The monoisotopic (exact) mass is 272 g/mol. The molecule has 2 N–H and O–H groups in total. The third-order valence-corrected chi connectivity index (χ3v) is 4.20. The molecular formula is C12H17ClN2OS. The fraction of sp³-hybridized carbons (Fsp3) is 0.583. The summed E-state index contributed by atoms with van der Waals surface area (Å²) in [6, 6.07) is 4.35. The van der Waals surface area contributed by atoms with Crippen LogP contribution in [0.15, 0.2) is 12.1 Å². The third kappa shape index (κ3) is 4.30. The molecule has 0 spiro atoms. The van der Waals surface area contributed by atoms with Crippen LogP contribution in [0.2, 0.25) is 4.34 Å². The van der Waals surface area contributed by atoms with Crippen molar-refractivity contribution in [1.82, 2.24) is 10.6 Å². The number of thiophene rings is 1. The number of halogens is 1. The van der Waals surface area contributed by atoms with E-state index in [0.29, 0.717) is 19.0 Å². The van der Waals surface area contributed by atoms with Crippen molar-refractivity contribution in [3.05, 3.63) is 21.3 Å². The zero-order valence-electron chi connectivity index (χ0n) is 9.67. The zero-order valence-corrected chi connectivity index (χ0v) is 11.2. The summed E-state index contributed by atoms with van der Waals surface area (Å²) in [7, 11) is 0. The van der Waals surface area contributed by atoms with Crippen molar-refractivity contribution in [1.29, 1.82) is 0 Å². The molecule has 0 bridgehead atoms. The summed E-state index contributed by atoms with van der Waals surface area (Å²) in [6.45, 7) is 1.69. The molecule has 94 valence electrons. The topological polar surface area (TPSA) is 41.1 Å². The molecule has 1 aliphatic rings. The van der Waals surface area contributed by atoms with Crippen LogP contribution in [0.5, 0.6) is 0 Å². The predicted octanol–water partition coefficient (Wildman–Crippen LogP) is 2.55. The van der Waals surface area contributed by atoms with E-state index in [0.717, 1.165) is 22.2 Å². The van der Waals surface area contributed by atoms with E-state index in [-0.39, 0.29) is 5.91 Å². The maximum absolute atomic E-state index is 11.6. The van der Waals surface area contributed by atoms with Gasteiger partial charge in [0, 0.05) is 17.3 Å². The lowest BCUT2D eigenvalue weighted by Crippen LogP contribution is -2.26. The van der Waals surface area contributed by atoms with Crippen LogP contribution in [-0.4, -0.2) is 18.5 Å². The molecule has 1 unspecified atom stereocenters. The van der Waals surface area contributed by atoms with Gasteiger partial charge in [0.1, 0.15) is 0 Å².